The summed E-state index contributed by atoms with van der Waals surface area (Å²) in [4.78, 5) is 11.6. The molecule has 0 saturated heterocycles. The summed E-state index contributed by atoms with van der Waals surface area (Å²) in [5, 5.41) is 20.3. The van der Waals surface area contributed by atoms with Crippen LogP contribution in [0, 0.1) is 5.92 Å². The zero-order chi connectivity index (χ0) is 18.7. The van der Waals surface area contributed by atoms with Crippen LogP contribution in [0.1, 0.15) is 84.4 Å². The monoisotopic (exact) mass is 334 g/mol. The number of carboxylic acids is 1. The fourth-order valence-corrected chi connectivity index (χ4v) is 3.00. The molecule has 0 amide bonds. The van der Waals surface area contributed by atoms with Crippen LogP contribution in [0.2, 0.25) is 0 Å². The lowest BCUT2D eigenvalue weighted by atomic mass is 9.77. The highest BCUT2D eigenvalue weighted by molar-refractivity contribution is 5.70. The third-order valence-corrected chi connectivity index (χ3v) is 4.52. The second-order valence-electron chi connectivity index (χ2n) is 8.92. The lowest BCUT2D eigenvalue weighted by molar-refractivity contribution is -0.142. The van der Waals surface area contributed by atoms with Crippen molar-refractivity contribution in [2.45, 2.75) is 85.0 Å². The molecule has 24 heavy (non-hydrogen) atoms. The number of aromatic hydroxyl groups is 1. The zero-order valence-corrected chi connectivity index (χ0v) is 16.4. The van der Waals surface area contributed by atoms with E-state index < -0.39 is 5.97 Å². The third-order valence-electron chi connectivity index (χ3n) is 4.52. The van der Waals surface area contributed by atoms with Crippen LogP contribution in [0.3, 0.4) is 0 Å². The second-order valence-corrected chi connectivity index (χ2v) is 8.92. The Kier molecular flexibility index (Phi) is 6.49. The van der Waals surface area contributed by atoms with Gasteiger partial charge in [-0.15, -0.1) is 0 Å². The molecule has 0 bridgehead atoms. The Balaban J connectivity index is 3.35. The number of phenols is 1. The minimum atomic E-state index is -0.730. The molecule has 0 radical (unpaired) electrons. The van der Waals surface area contributed by atoms with Crippen LogP contribution < -0.4 is 0 Å². The average Bonchev–Trinajstić information content (AvgIpc) is 2.41. The van der Waals surface area contributed by atoms with Gasteiger partial charge in [0.25, 0.3) is 0 Å². The van der Waals surface area contributed by atoms with E-state index in [9.17, 15) is 15.0 Å². The van der Waals surface area contributed by atoms with E-state index in [1.54, 1.807) is 0 Å². The molecule has 1 rings (SSSR count). The first-order valence-corrected chi connectivity index (χ1v) is 8.97. The van der Waals surface area contributed by atoms with E-state index in [1.165, 1.54) is 0 Å². The molecule has 136 valence electrons. The van der Waals surface area contributed by atoms with E-state index in [4.69, 9.17) is 0 Å². The van der Waals surface area contributed by atoms with Crippen molar-refractivity contribution in [2.24, 2.45) is 5.92 Å². The Labute approximate surface area is 147 Å². The Morgan fingerprint density at radius 2 is 1.50 bits per heavy atom. The number of hydrogen-bond acceptors (Lipinski definition) is 2. The molecular weight excluding hydrogens is 300 g/mol. The molecule has 1 aromatic carbocycles. The molecular formula is C21H34O3. The van der Waals surface area contributed by atoms with E-state index in [0.717, 1.165) is 29.5 Å². The summed E-state index contributed by atoms with van der Waals surface area (Å²) in [5.74, 6) is -0.750. The number of phenolic OH excluding ortho intramolecular Hbond substituents is 1. The van der Waals surface area contributed by atoms with Gasteiger partial charge in [0, 0.05) is 0 Å². The van der Waals surface area contributed by atoms with Crippen LogP contribution >= 0.6 is 0 Å². The highest BCUT2D eigenvalue weighted by Gasteiger charge is 2.27. The van der Waals surface area contributed by atoms with Crippen molar-refractivity contribution in [3.05, 3.63) is 28.8 Å². The van der Waals surface area contributed by atoms with Crippen LogP contribution in [0.4, 0.5) is 0 Å². The lowest BCUT2D eigenvalue weighted by Gasteiger charge is -2.28. The quantitative estimate of drug-likeness (QED) is 0.730. The standard InChI is InChI=1S/C21H34O3/c1-8-9-10-15(19(23)24)11-14-12-16(20(2,3)4)18(22)17(13-14)21(5,6)7/h12-13,15,22H,8-11H2,1-7H3,(H,23,24). The van der Waals surface area contributed by atoms with Gasteiger partial charge in [0.1, 0.15) is 5.75 Å². The largest absolute Gasteiger partial charge is 0.507 e. The summed E-state index contributed by atoms with van der Waals surface area (Å²) in [5.41, 5.74) is 2.41. The van der Waals surface area contributed by atoms with Gasteiger partial charge in [-0.05, 0) is 40.4 Å². The zero-order valence-electron chi connectivity index (χ0n) is 16.4. The molecule has 0 aromatic heterocycles. The molecule has 1 unspecified atom stereocenters. The van der Waals surface area contributed by atoms with E-state index in [1.807, 2.05) is 12.1 Å². The van der Waals surface area contributed by atoms with Gasteiger partial charge in [0.2, 0.25) is 0 Å². The molecule has 2 N–H and O–H groups in total. The minimum Gasteiger partial charge on any atom is -0.507 e. The van der Waals surface area contributed by atoms with Crippen LogP contribution in [-0.4, -0.2) is 16.2 Å². The van der Waals surface area contributed by atoms with Crippen LogP contribution in [-0.2, 0) is 22.0 Å². The number of carbonyl (C=O) groups is 1. The van der Waals surface area contributed by atoms with Crippen LogP contribution in [0.25, 0.3) is 0 Å². The number of rotatable bonds is 6. The van der Waals surface area contributed by atoms with Crippen molar-refractivity contribution in [2.75, 3.05) is 0 Å². The number of hydrogen-bond donors (Lipinski definition) is 2. The van der Waals surface area contributed by atoms with Gasteiger partial charge in [-0.2, -0.15) is 0 Å². The number of carboxylic acid groups (broad SMARTS) is 1. The summed E-state index contributed by atoms with van der Waals surface area (Å²) in [6.07, 6.45) is 3.14. The van der Waals surface area contributed by atoms with Crippen molar-refractivity contribution in [3.8, 4) is 5.75 Å². The Morgan fingerprint density at radius 1 is 1.04 bits per heavy atom. The molecule has 0 heterocycles. The maximum atomic E-state index is 11.6. The average molecular weight is 335 g/mol. The predicted molar refractivity (Wildman–Crippen MR) is 99.9 cm³/mol. The number of aliphatic carboxylic acids is 1. The Morgan fingerprint density at radius 3 is 1.83 bits per heavy atom. The topological polar surface area (TPSA) is 57.5 Å². The molecule has 0 saturated carbocycles. The van der Waals surface area contributed by atoms with Crippen molar-refractivity contribution >= 4 is 5.97 Å². The van der Waals surface area contributed by atoms with Gasteiger partial charge in [-0.25, -0.2) is 0 Å². The first-order chi connectivity index (χ1) is 10.9. The summed E-state index contributed by atoms with van der Waals surface area (Å²) in [6, 6.07) is 3.99. The Hall–Kier alpha value is -1.51. The first kappa shape index (κ1) is 20.5. The van der Waals surface area contributed by atoms with Gasteiger partial charge in [-0.1, -0.05) is 73.4 Å². The molecule has 0 aliphatic heterocycles. The molecule has 1 atom stereocenters. The van der Waals surface area contributed by atoms with Crippen molar-refractivity contribution in [1.29, 1.82) is 0 Å². The second kappa shape index (κ2) is 7.58. The Bertz CT molecular complexity index is 539. The van der Waals surface area contributed by atoms with E-state index in [-0.39, 0.29) is 16.7 Å². The molecule has 0 aliphatic carbocycles. The molecule has 0 spiro atoms. The smallest absolute Gasteiger partial charge is 0.306 e. The van der Waals surface area contributed by atoms with Crippen LogP contribution in [0.5, 0.6) is 5.75 Å². The van der Waals surface area contributed by atoms with Crippen molar-refractivity contribution in [3.63, 3.8) is 0 Å². The molecule has 3 nitrogen and oxygen atoms in total. The third kappa shape index (κ3) is 5.25. The normalized spacial score (nSPS) is 13.8. The molecule has 0 aliphatic rings. The number of benzene rings is 1. The maximum Gasteiger partial charge on any atom is 0.306 e. The summed E-state index contributed by atoms with van der Waals surface area (Å²) < 4.78 is 0. The van der Waals surface area contributed by atoms with Gasteiger partial charge in [0.05, 0.1) is 5.92 Å². The molecule has 3 heteroatoms. The van der Waals surface area contributed by atoms with Gasteiger partial charge in [-0.3, -0.25) is 4.79 Å². The fraction of sp³-hybridized carbons (Fsp3) is 0.667. The number of unbranched alkanes of at least 4 members (excludes halogenated alkanes) is 1. The van der Waals surface area contributed by atoms with E-state index in [2.05, 4.69) is 48.5 Å². The molecule has 0 fully saturated rings. The van der Waals surface area contributed by atoms with Crippen molar-refractivity contribution in [1.82, 2.24) is 0 Å². The van der Waals surface area contributed by atoms with E-state index >= 15 is 0 Å². The fourth-order valence-electron chi connectivity index (χ4n) is 3.00. The lowest BCUT2D eigenvalue weighted by Crippen LogP contribution is -2.20. The molecule has 1 aromatic rings. The maximum absolute atomic E-state index is 11.6. The highest BCUT2D eigenvalue weighted by atomic mass is 16.4. The van der Waals surface area contributed by atoms with Crippen molar-refractivity contribution < 1.29 is 15.0 Å². The van der Waals surface area contributed by atoms with Gasteiger partial charge >= 0.3 is 5.97 Å². The summed E-state index contributed by atoms with van der Waals surface area (Å²) in [7, 11) is 0. The summed E-state index contributed by atoms with van der Waals surface area (Å²) >= 11 is 0. The first-order valence-electron chi connectivity index (χ1n) is 8.97. The SMILES string of the molecule is CCCCC(Cc1cc(C(C)(C)C)c(O)c(C(C)(C)C)c1)C(=O)O. The predicted octanol–water partition coefficient (Wildman–Crippen LogP) is 5.42. The van der Waals surface area contributed by atoms with Gasteiger partial charge in [0.15, 0.2) is 0 Å². The highest BCUT2D eigenvalue weighted by Crippen LogP contribution is 2.40. The van der Waals surface area contributed by atoms with E-state index in [0.29, 0.717) is 18.6 Å². The minimum absolute atomic E-state index is 0.192. The van der Waals surface area contributed by atoms with Crippen LogP contribution in [0.15, 0.2) is 12.1 Å². The summed E-state index contributed by atoms with van der Waals surface area (Å²) in [6.45, 7) is 14.5. The van der Waals surface area contributed by atoms with Gasteiger partial charge < -0.3 is 10.2 Å².